The molecule has 6 nitrogen and oxygen atoms in total. The fourth-order valence-electron chi connectivity index (χ4n) is 3.18. The average Bonchev–Trinajstić information content (AvgIpc) is 3.46. The highest BCUT2D eigenvalue weighted by Crippen LogP contribution is 2.26. The molecule has 0 spiro atoms. The molecule has 0 bridgehead atoms. The summed E-state index contributed by atoms with van der Waals surface area (Å²) >= 11 is 8.79. The summed E-state index contributed by atoms with van der Waals surface area (Å²) in [6.45, 7) is 0. The number of nitrogens with zero attached hydrogens (tertiary/aromatic N) is 3. The molecule has 9 heteroatoms. The first-order chi connectivity index (χ1) is 16.1. The lowest BCUT2D eigenvalue weighted by Crippen LogP contribution is -2.13. The summed E-state index contributed by atoms with van der Waals surface area (Å²) in [6.07, 6.45) is 0.760. The van der Waals surface area contributed by atoms with Crippen molar-refractivity contribution in [3.05, 3.63) is 88.4 Å². The van der Waals surface area contributed by atoms with Gasteiger partial charge in [-0.2, -0.15) is 0 Å². The van der Waals surface area contributed by atoms with Gasteiger partial charge in [-0.05, 0) is 54.1 Å². The van der Waals surface area contributed by atoms with Crippen molar-refractivity contribution >= 4 is 56.5 Å². The zero-order valence-electron chi connectivity index (χ0n) is 17.2. The van der Waals surface area contributed by atoms with E-state index in [1.54, 1.807) is 35.6 Å². The number of aromatic nitrogens is 3. The molecule has 2 aromatic heterocycles. The molecular weight excluding hydrogens is 476 g/mol. The Morgan fingerprint density at radius 2 is 1.79 bits per heavy atom. The number of fused-ring (bicyclic) bond motifs is 1. The first-order valence-corrected chi connectivity index (χ1v) is 12.3. The van der Waals surface area contributed by atoms with Gasteiger partial charge in [0.2, 0.25) is 11.8 Å². The highest BCUT2D eigenvalue weighted by molar-refractivity contribution is 7.99. The summed E-state index contributed by atoms with van der Waals surface area (Å²) in [5.41, 5.74) is 3.68. The molecule has 0 saturated carbocycles. The number of thiazole rings is 1. The van der Waals surface area contributed by atoms with Crippen LogP contribution in [0.4, 0.5) is 5.69 Å². The normalized spacial score (nSPS) is 11.1. The van der Waals surface area contributed by atoms with Crippen LogP contribution in [-0.2, 0) is 11.2 Å². The summed E-state index contributed by atoms with van der Waals surface area (Å²) in [4.78, 5) is 17.0. The Morgan fingerprint density at radius 1 is 1.00 bits per heavy atom. The van der Waals surface area contributed by atoms with E-state index in [1.165, 1.54) is 16.5 Å². The Bertz CT molecular complexity index is 1370. The van der Waals surface area contributed by atoms with Gasteiger partial charge in [0.05, 0.1) is 21.0 Å². The molecule has 1 N–H and O–H groups in total. The number of thioether (sulfide) groups is 1. The summed E-state index contributed by atoms with van der Waals surface area (Å²) < 4.78 is 6.81. The average molecular weight is 493 g/mol. The van der Waals surface area contributed by atoms with Crippen molar-refractivity contribution in [3.63, 3.8) is 0 Å². The third-order valence-electron chi connectivity index (χ3n) is 4.76. The monoisotopic (exact) mass is 492 g/mol. The van der Waals surface area contributed by atoms with Crippen molar-refractivity contribution in [2.24, 2.45) is 0 Å². The number of para-hydroxylation sites is 1. The predicted molar refractivity (Wildman–Crippen MR) is 133 cm³/mol. The first-order valence-electron chi connectivity index (χ1n) is 10.1. The SMILES string of the molecule is O=C(CSc1nnc(-c2ccc(Cl)cc2)o1)Nc1ccc(Cc2nc3ccccc3s2)cc1. The molecule has 0 aliphatic carbocycles. The van der Waals surface area contributed by atoms with Gasteiger partial charge in [-0.3, -0.25) is 4.79 Å². The number of halogens is 1. The van der Waals surface area contributed by atoms with E-state index in [9.17, 15) is 4.79 Å². The van der Waals surface area contributed by atoms with Crippen molar-refractivity contribution < 1.29 is 9.21 Å². The van der Waals surface area contributed by atoms with Gasteiger partial charge in [-0.25, -0.2) is 4.98 Å². The van der Waals surface area contributed by atoms with Crippen LogP contribution < -0.4 is 5.32 Å². The fourth-order valence-corrected chi connectivity index (χ4v) is 4.87. The Hall–Kier alpha value is -3.20. The molecule has 0 unspecified atom stereocenters. The summed E-state index contributed by atoms with van der Waals surface area (Å²) in [7, 11) is 0. The van der Waals surface area contributed by atoms with Crippen LogP contribution in [-0.4, -0.2) is 26.8 Å². The zero-order valence-corrected chi connectivity index (χ0v) is 19.6. The summed E-state index contributed by atoms with van der Waals surface area (Å²) in [6, 6.07) is 23.1. The number of carbonyl (C=O) groups excluding carboxylic acids is 1. The largest absolute Gasteiger partial charge is 0.411 e. The van der Waals surface area contributed by atoms with Gasteiger partial charge in [0, 0.05) is 22.7 Å². The maximum Gasteiger partial charge on any atom is 0.277 e. The van der Waals surface area contributed by atoms with E-state index in [0.717, 1.165) is 33.8 Å². The smallest absolute Gasteiger partial charge is 0.277 e. The van der Waals surface area contributed by atoms with Gasteiger partial charge in [0.1, 0.15) is 0 Å². The predicted octanol–water partition coefficient (Wildman–Crippen LogP) is 6.32. The van der Waals surface area contributed by atoms with Crippen molar-refractivity contribution in [1.82, 2.24) is 15.2 Å². The van der Waals surface area contributed by atoms with Crippen molar-refractivity contribution in [2.45, 2.75) is 11.6 Å². The second-order valence-corrected chi connectivity index (χ2v) is 9.64. The number of nitrogens with one attached hydrogen (secondary N) is 1. The van der Waals surface area contributed by atoms with E-state index in [-0.39, 0.29) is 11.7 Å². The third-order valence-corrected chi connectivity index (χ3v) is 6.86. The van der Waals surface area contributed by atoms with Crippen LogP contribution >= 0.6 is 34.7 Å². The number of carbonyl (C=O) groups is 1. The van der Waals surface area contributed by atoms with Gasteiger partial charge < -0.3 is 9.73 Å². The number of hydrogen-bond acceptors (Lipinski definition) is 7. The summed E-state index contributed by atoms with van der Waals surface area (Å²) in [5.74, 6) is 0.402. The third kappa shape index (κ3) is 5.42. The molecule has 2 heterocycles. The Kier molecular flexibility index (Phi) is 6.39. The quantitative estimate of drug-likeness (QED) is 0.268. The number of anilines is 1. The molecule has 33 heavy (non-hydrogen) atoms. The van der Waals surface area contributed by atoms with E-state index < -0.39 is 0 Å². The lowest BCUT2D eigenvalue weighted by Gasteiger charge is -2.05. The second-order valence-electron chi connectivity index (χ2n) is 7.17. The molecule has 0 radical (unpaired) electrons. The Labute approximate surface area is 203 Å². The van der Waals surface area contributed by atoms with Crippen LogP contribution in [0.25, 0.3) is 21.7 Å². The van der Waals surface area contributed by atoms with E-state index in [4.69, 9.17) is 16.0 Å². The number of rotatable bonds is 7. The molecule has 5 aromatic rings. The van der Waals surface area contributed by atoms with Gasteiger partial charge in [-0.1, -0.05) is 47.6 Å². The van der Waals surface area contributed by atoms with Crippen molar-refractivity contribution in [1.29, 1.82) is 0 Å². The molecular formula is C24H17ClN4O2S2. The van der Waals surface area contributed by atoms with Crippen molar-refractivity contribution in [2.75, 3.05) is 11.1 Å². The minimum absolute atomic E-state index is 0.148. The standard InChI is InChI=1S/C24H17ClN4O2S2/c25-17-9-7-16(8-10-17)23-28-29-24(31-23)32-14-21(30)26-18-11-5-15(6-12-18)13-22-27-19-3-1-2-4-20(19)33-22/h1-12H,13-14H2,(H,26,30). The Morgan fingerprint density at radius 3 is 2.58 bits per heavy atom. The van der Waals surface area contributed by atoms with Crippen LogP contribution in [0.2, 0.25) is 5.02 Å². The molecule has 0 atom stereocenters. The number of amides is 1. The highest BCUT2D eigenvalue weighted by atomic mass is 35.5. The molecule has 164 valence electrons. The second kappa shape index (κ2) is 9.74. The van der Waals surface area contributed by atoms with Gasteiger partial charge in [0.15, 0.2) is 0 Å². The van der Waals surface area contributed by atoms with E-state index in [1.807, 2.05) is 42.5 Å². The minimum Gasteiger partial charge on any atom is -0.411 e. The molecule has 5 rings (SSSR count). The lowest BCUT2D eigenvalue weighted by molar-refractivity contribution is -0.113. The van der Waals surface area contributed by atoms with E-state index >= 15 is 0 Å². The fraction of sp³-hybridized carbons (Fsp3) is 0.0833. The van der Waals surface area contributed by atoms with Crippen LogP contribution in [0.1, 0.15) is 10.6 Å². The van der Waals surface area contributed by atoms with Gasteiger partial charge in [0.25, 0.3) is 5.22 Å². The maximum atomic E-state index is 12.3. The molecule has 0 fully saturated rings. The van der Waals surface area contributed by atoms with Gasteiger partial charge >= 0.3 is 0 Å². The minimum atomic E-state index is -0.148. The van der Waals surface area contributed by atoms with E-state index in [0.29, 0.717) is 16.1 Å². The highest BCUT2D eigenvalue weighted by Gasteiger charge is 2.12. The Balaban J connectivity index is 1.14. The van der Waals surface area contributed by atoms with E-state index in [2.05, 4.69) is 26.6 Å². The summed E-state index contributed by atoms with van der Waals surface area (Å²) in [5, 5.41) is 12.9. The zero-order chi connectivity index (χ0) is 22.6. The molecule has 0 aliphatic rings. The van der Waals surface area contributed by atoms with Gasteiger partial charge in [-0.15, -0.1) is 21.5 Å². The molecule has 0 saturated heterocycles. The number of hydrogen-bond donors (Lipinski definition) is 1. The number of benzene rings is 3. The first kappa shape index (κ1) is 21.6. The lowest BCUT2D eigenvalue weighted by atomic mass is 10.1. The topological polar surface area (TPSA) is 80.9 Å². The molecule has 1 amide bonds. The van der Waals surface area contributed by atoms with Crippen LogP contribution in [0.5, 0.6) is 0 Å². The van der Waals surface area contributed by atoms with Crippen LogP contribution in [0.15, 0.2) is 82.4 Å². The van der Waals surface area contributed by atoms with Crippen LogP contribution in [0.3, 0.4) is 0 Å². The maximum absolute atomic E-state index is 12.3. The van der Waals surface area contributed by atoms with Crippen molar-refractivity contribution in [3.8, 4) is 11.5 Å². The molecule has 3 aromatic carbocycles. The van der Waals surface area contributed by atoms with Crippen LogP contribution in [0, 0.1) is 0 Å². The molecule has 0 aliphatic heterocycles.